The third-order valence-corrected chi connectivity index (χ3v) is 8.94. The van der Waals surface area contributed by atoms with Crippen LogP contribution in [0, 0.1) is 5.82 Å². The highest BCUT2D eigenvalue weighted by atomic mass is 19.1. The van der Waals surface area contributed by atoms with Crippen LogP contribution in [0.15, 0.2) is 158 Å². The Balaban J connectivity index is 1.38. The molecule has 0 unspecified atom stereocenters. The highest BCUT2D eigenvalue weighted by molar-refractivity contribution is 7.00. The van der Waals surface area contributed by atoms with E-state index in [0.717, 1.165) is 67.1 Å². The van der Waals surface area contributed by atoms with Gasteiger partial charge in [0.1, 0.15) is 17.3 Å². The second kappa shape index (κ2) is 10.1. The Labute approximate surface area is 261 Å². The standard InChI is InChI=1S/C40H26BFN2O/c42-33-20-10-12-22-35(33)44-34-21-11-9-19-32(34)41-39-31-18-8-7-13-27(31)23-24-37(39)45-38-26-30(25-36(44)40(38)41)43(28-14-3-1-4-15-28)29-16-5-2-6-17-29/h1-26H. The molecule has 0 atom stereocenters. The Bertz CT molecular complexity index is 2200. The maximum Gasteiger partial charge on any atom is 0.257 e. The van der Waals surface area contributed by atoms with E-state index in [2.05, 4.69) is 101 Å². The molecule has 0 saturated carbocycles. The minimum atomic E-state index is -0.282. The van der Waals surface area contributed by atoms with E-state index >= 15 is 4.39 Å². The van der Waals surface area contributed by atoms with Gasteiger partial charge in [-0.3, -0.25) is 0 Å². The number of anilines is 6. The van der Waals surface area contributed by atoms with Crippen molar-refractivity contribution in [2.45, 2.75) is 0 Å². The molecule has 0 aliphatic carbocycles. The van der Waals surface area contributed by atoms with Crippen molar-refractivity contribution in [1.82, 2.24) is 0 Å². The summed E-state index contributed by atoms with van der Waals surface area (Å²) in [4.78, 5) is 4.29. The van der Waals surface area contributed by atoms with Crippen LogP contribution >= 0.6 is 0 Å². The lowest BCUT2D eigenvalue weighted by Crippen LogP contribution is -2.59. The van der Waals surface area contributed by atoms with E-state index in [1.165, 1.54) is 6.07 Å². The summed E-state index contributed by atoms with van der Waals surface area (Å²) in [6, 6.07) is 53.0. The number of nitrogens with zero attached hydrogens (tertiary/aromatic N) is 2. The highest BCUT2D eigenvalue weighted by Crippen LogP contribution is 2.46. The van der Waals surface area contributed by atoms with Gasteiger partial charge in [-0.2, -0.15) is 0 Å². The first kappa shape index (κ1) is 25.7. The van der Waals surface area contributed by atoms with E-state index in [9.17, 15) is 0 Å². The summed E-state index contributed by atoms with van der Waals surface area (Å²) >= 11 is 0. The van der Waals surface area contributed by atoms with Crippen LogP contribution in [0.1, 0.15) is 0 Å². The molecule has 0 bridgehead atoms. The normalized spacial score (nSPS) is 12.6. The summed E-state index contributed by atoms with van der Waals surface area (Å²) in [7, 11) is 0. The van der Waals surface area contributed by atoms with Gasteiger partial charge in [0.05, 0.1) is 11.4 Å². The zero-order valence-electron chi connectivity index (χ0n) is 24.3. The molecule has 7 aromatic carbocycles. The molecule has 212 valence electrons. The number of hydrogen-bond acceptors (Lipinski definition) is 3. The Hall–Kier alpha value is -5.81. The van der Waals surface area contributed by atoms with Crippen LogP contribution in [0.3, 0.4) is 0 Å². The summed E-state index contributed by atoms with van der Waals surface area (Å²) in [5.74, 6) is 1.33. The number of halogens is 1. The molecular formula is C40H26BFN2O. The molecular weight excluding hydrogens is 554 g/mol. The van der Waals surface area contributed by atoms with E-state index < -0.39 is 0 Å². The van der Waals surface area contributed by atoms with Gasteiger partial charge in [-0.05, 0) is 81.8 Å². The molecule has 0 N–H and O–H groups in total. The lowest BCUT2D eigenvalue weighted by Gasteiger charge is -2.41. The summed E-state index contributed by atoms with van der Waals surface area (Å²) in [5, 5.41) is 2.32. The van der Waals surface area contributed by atoms with Gasteiger partial charge < -0.3 is 14.5 Å². The molecule has 0 fully saturated rings. The topological polar surface area (TPSA) is 15.7 Å². The van der Waals surface area contributed by atoms with Gasteiger partial charge in [-0.15, -0.1) is 0 Å². The molecule has 45 heavy (non-hydrogen) atoms. The largest absolute Gasteiger partial charge is 0.458 e. The van der Waals surface area contributed by atoms with Gasteiger partial charge in [-0.1, -0.05) is 97.1 Å². The average Bonchev–Trinajstić information content (AvgIpc) is 3.09. The van der Waals surface area contributed by atoms with Gasteiger partial charge in [0, 0.05) is 28.8 Å². The monoisotopic (exact) mass is 580 g/mol. The van der Waals surface area contributed by atoms with Gasteiger partial charge >= 0.3 is 0 Å². The van der Waals surface area contributed by atoms with Gasteiger partial charge in [0.2, 0.25) is 0 Å². The van der Waals surface area contributed by atoms with Crippen molar-refractivity contribution in [1.29, 1.82) is 0 Å². The number of fused-ring (bicyclic) bond motifs is 6. The molecule has 2 heterocycles. The minimum Gasteiger partial charge on any atom is -0.458 e. The number of rotatable bonds is 4. The van der Waals surface area contributed by atoms with Crippen LogP contribution < -0.4 is 30.9 Å². The fourth-order valence-corrected chi connectivity index (χ4v) is 7.08. The molecule has 5 heteroatoms. The molecule has 7 aromatic rings. The van der Waals surface area contributed by atoms with E-state index in [0.29, 0.717) is 5.69 Å². The molecule has 0 aromatic heterocycles. The average molecular weight is 580 g/mol. The maximum atomic E-state index is 15.8. The SMILES string of the molecule is Fc1ccccc1N1c2ccccc2B2c3c(cc(N(c4ccccc4)c4ccccc4)cc31)Oc1ccc3ccccc3c12. The summed E-state index contributed by atoms with van der Waals surface area (Å²) in [6.07, 6.45) is 0. The Kier molecular flexibility index (Phi) is 5.78. The Morgan fingerprint density at radius 3 is 1.91 bits per heavy atom. The smallest absolute Gasteiger partial charge is 0.257 e. The maximum absolute atomic E-state index is 15.8. The molecule has 9 rings (SSSR count). The van der Waals surface area contributed by atoms with Crippen LogP contribution in [0.2, 0.25) is 0 Å². The van der Waals surface area contributed by atoms with Crippen LogP contribution in [0.5, 0.6) is 11.5 Å². The van der Waals surface area contributed by atoms with Crippen LogP contribution in [0.25, 0.3) is 10.8 Å². The predicted octanol–water partition coefficient (Wildman–Crippen LogP) is 8.85. The van der Waals surface area contributed by atoms with Gasteiger partial charge in [0.25, 0.3) is 6.71 Å². The van der Waals surface area contributed by atoms with E-state index in [1.54, 1.807) is 6.07 Å². The van der Waals surface area contributed by atoms with Gasteiger partial charge in [0.15, 0.2) is 0 Å². The van der Waals surface area contributed by atoms with Crippen molar-refractivity contribution in [3.05, 3.63) is 164 Å². The summed E-state index contributed by atoms with van der Waals surface area (Å²) < 4.78 is 22.7. The van der Waals surface area contributed by atoms with Crippen molar-refractivity contribution < 1.29 is 9.13 Å². The van der Waals surface area contributed by atoms with Crippen molar-refractivity contribution in [3.8, 4) is 11.5 Å². The molecule has 3 nitrogen and oxygen atoms in total. The molecule has 0 spiro atoms. The van der Waals surface area contributed by atoms with Gasteiger partial charge in [-0.25, -0.2) is 4.39 Å². The molecule has 0 radical (unpaired) electrons. The Morgan fingerprint density at radius 2 is 1.16 bits per heavy atom. The first-order valence-electron chi connectivity index (χ1n) is 15.2. The minimum absolute atomic E-state index is 0.0972. The van der Waals surface area contributed by atoms with Crippen LogP contribution in [-0.4, -0.2) is 6.71 Å². The fraction of sp³-hybridized carbons (Fsp3) is 0. The summed E-state index contributed by atoms with van der Waals surface area (Å²) in [6.45, 7) is -0.0972. The summed E-state index contributed by atoms with van der Waals surface area (Å²) in [5.41, 5.74) is 8.59. The molecule has 0 amide bonds. The van der Waals surface area contributed by atoms with Crippen LogP contribution in [0.4, 0.5) is 38.5 Å². The number of benzene rings is 7. The second-order valence-electron chi connectivity index (χ2n) is 11.5. The lowest BCUT2D eigenvalue weighted by atomic mass is 9.33. The Morgan fingerprint density at radius 1 is 0.511 bits per heavy atom. The molecule has 2 aliphatic heterocycles. The second-order valence-corrected chi connectivity index (χ2v) is 11.5. The quantitative estimate of drug-likeness (QED) is 0.194. The number of para-hydroxylation sites is 4. The zero-order chi connectivity index (χ0) is 29.9. The van der Waals surface area contributed by atoms with E-state index in [-0.39, 0.29) is 12.5 Å². The highest BCUT2D eigenvalue weighted by Gasteiger charge is 2.43. The number of ether oxygens (including phenoxy) is 1. The van der Waals surface area contributed by atoms with Crippen molar-refractivity contribution in [2.75, 3.05) is 9.80 Å². The predicted molar refractivity (Wildman–Crippen MR) is 184 cm³/mol. The third-order valence-electron chi connectivity index (χ3n) is 8.94. The fourth-order valence-electron chi connectivity index (χ4n) is 7.08. The molecule has 2 aliphatic rings. The van der Waals surface area contributed by atoms with Crippen molar-refractivity contribution in [3.63, 3.8) is 0 Å². The first-order valence-corrected chi connectivity index (χ1v) is 15.2. The zero-order valence-corrected chi connectivity index (χ0v) is 24.3. The lowest BCUT2D eigenvalue weighted by molar-refractivity contribution is 0.488. The van der Waals surface area contributed by atoms with E-state index in [1.807, 2.05) is 54.6 Å². The first-order chi connectivity index (χ1) is 22.3. The van der Waals surface area contributed by atoms with Crippen LogP contribution in [-0.2, 0) is 0 Å². The number of hydrogen-bond donors (Lipinski definition) is 0. The third kappa shape index (κ3) is 3.98. The molecule has 0 saturated heterocycles. The van der Waals surface area contributed by atoms with Crippen molar-refractivity contribution >= 4 is 68.0 Å². The van der Waals surface area contributed by atoms with Crippen molar-refractivity contribution in [2.24, 2.45) is 0 Å². The van der Waals surface area contributed by atoms with E-state index in [4.69, 9.17) is 4.74 Å².